The Morgan fingerprint density at radius 3 is 2.71 bits per heavy atom. The summed E-state index contributed by atoms with van der Waals surface area (Å²) in [7, 11) is 5.15. The van der Waals surface area contributed by atoms with Crippen LogP contribution in [-0.2, 0) is 11.8 Å². The van der Waals surface area contributed by atoms with Gasteiger partial charge < -0.3 is 19.4 Å². The molecule has 28 heavy (non-hydrogen) atoms. The number of hydrogen-bond donors (Lipinski definition) is 1. The second-order valence-electron chi connectivity index (χ2n) is 6.11. The number of benzene rings is 2. The molecule has 0 aliphatic carbocycles. The molecule has 0 bridgehead atoms. The molecule has 7 heteroatoms. The van der Waals surface area contributed by atoms with E-state index in [1.54, 1.807) is 20.4 Å². The zero-order valence-electron chi connectivity index (χ0n) is 16.1. The van der Waals surface area contributed by atoms with Gasteiger partial charge in [-0.1, -0.05) is 24.3 Å². The first-order valence-electron chi connectivity index (χ1n) is 8.78. The fourth-order valence-corrected chi connectivity index (χ4v) is 3.64. The zero-order valence-corrected chi connectivity index (χ0v) is 16.9. The molecular formula is C21H23N3O3S. The van der Waals surface area contributed by atoms with Crippen LogP contribution in [0.1, 0.15) is 17.4 Å². The minimum Gasteiger partial charge on any atom is -0.497 e. The molecule has 1 atom stereocenters. The van der Waals surface area contributed by atoms with Crippen LogP contribution in [0.5, 0.6) is 11.5 Å². The van der Waals surface area contributed by atoms with Crippen molar-refractivity contribution >= 4 is 17.7 Å². The van der Waals surface area contributed by atoms with E-state index in [-0.39, 0.29) is 11.7 Å². The number of para-hydroxylation sites is 1. The number of imidazole rings is 1. The van der Waals surface area contributed by atoms with Crippen LogP contribution in [0.4, 0.5) is 0 Å². The SMILES string of the molecule is COc1cccc(SCC(=O)NC(c2ccccc2OC)c2nccn2C)c1. The molecule has 0 saturated heterocycles. The van der Waals surface area contributed by atoms with Gasteiger partial charge in [0.15, 0.2) is 0 Å². The summed E-state index contributed by atoms with van der Waals surface area (Å²) >= 11 is 1.46. The van der Waals surface area contributed by atoms with Gasteiger partial charge in [0, 0.05) is 29.9 Å². The second-order valence-corrected chi connectivity index (χ2v) is 7.16. The van der Waals surface area contributed by atoms with Gasteiger partial charge in [0.05, 0.1) is 20.0 Å². The summed E-state index contributed by atoms with van der Waals surface area (Å²) in [5.41, 5.74) is 0.860. The standard InChI is InChI=1S/C21H23N3O3S/c1-24-12-11-22-21(24)20(17-9-4-5-10-18(17)27-3)23-19(25)14-28-16-8-6-7-15(13-16)26-2/h4-13,20H,14H2,1-3H3,(H,23,25). The molecule has 1 aromatic heterocycles. The van der Waals surface area contributed by atoms with E-state index in [0.717, 1.165) is 22.0 Å². The lowest BCUT2D eigenvalue weighted by molar-refractivity contribution is -0.119. The van der Waals surface area contributed by atoms with E-state index in [2.05, 4.69) is 10.3 Å². The fourth-order valence-electron chi connectivity index (χ4n) is 2.88. The molecule has 3 aromatic rings. The van der Waals surface area contributed by atoms with Crippen molar-refractivity contribution < 1.29 is 14.3 Å². The van der Waals surface area contributed by atoms with Crippen LogP contribution in [0, 0.1) is 0 Å². The van der Waals surface area contributed by atoms with Crippen molar-refractivity contribution in [3.05, 3.63) is 72.3 Å². The molecule has 1 N–H and O–H groups in total. The van der Waals surface area contributed by atoms with E-state index in [1.165, 1.54) is 11.8 Å². The van der Waals surface area contributed by atoms with Crippen LogP contribution >= 0.6 is 11.8 Å². The Hall–Kier alpha value is -2.93. The summed E-state index contributed by atoms with van der Waals surface area (Å²) in [4.78, 5) is 18.1. The minimum atomic E-state index is -0.408. The number of amides is 1. The summed E-state index contributed by atoms with van der Waals surface area (Å²) < 4.78 is 12.6. The van der Waals surface area contributed by atoms with E-state index in [1.807, 2.05) is 66.3 Å². The maximum atomic E-state index is 12.7. The molecule has 0 aliphatic heterocycles. The number of carbonyl (C=O) groups excluding carboxylic acids is 1. The van der Waals surface area contributed by atoms with Crippen molar-refractivity contribution in [1.82, 2.24) is 14.9 Å². The Morgan fingerprint density at radius 2 is 2.00 bits per heavy atom. The van der Waals surface area contributed by atoms with Crippen molar-refractivity contribution in [2.45, 2.75) is 10.9 Å². The first-order valence-corrected chi connectivity index (χ1v) is 9.77. The number of ether oxygens (including phenoxy) is 2. The second kappa shape index (κ2) is 9.32. The Morgan fingerprint density at radius 1 is 1.18 bits per heavy atom. The number of aromatic nitrogens is 2. The van der Waals surface area contributed by atoms with Gasteiger partial charge in [0.25, 0.3) is 0 Å². The minimum absolute atomic E-state index is 0.0910. The van der Waals surface area contributed by atoms with E-state index >= 15 is 0 Å². The zero-order chi connectivity index (χ0) is 19.9. The lowest BCUT2D eigenvalue weighted by atomic mass is 10.0. The first kappa shape index (κ1) is 19.8. The van der Waals surface area contributed by atoms with Gasteiger partial charge in [-0.15, -0.1) is 11.8 Å². The lowest BCUT2D eigenvalue weighted by Crippen LogP contribution is -2.32. The molecule has 6 nitrogen and oxygen atoms in total. The summed E-state index contributed by atoms with van der Waals surface area (Å²) in [5.74, 6) is 2.40. The fraction of sp³-hybridized carbons (Fsp3) is 0.238. The van der Waals surface area contributed by atoms with Crippen LogP contribution < -0.4 is 14.8 Å². The van der Waals surface area contributed by atoms with Crippen LogP contribution in [-0.4, -0.2) is 35.4 Å². The Bertz CT molecular complexity index is 942. The van der Waals surface area contributed by atoms with Gasteiger partial charge in [0.2, 0.25) is 5.91 Å². The molecule has 1 amide bonds. The third-order valence-electron chi connectivity index (χ3n) is 4.28. The van der Waals surface area contributed by atoms with Crippen LogP contribution in [0.15, 0.2) is 65.8 Å². The van der Waals surface area contributed by atoms with E-state index in [0.29, 0.717) is 5.75 Å². The number of nitrogens with zero attached hydrogens (tertiary/aromatic N) is 2. The predicted octanol–water partition coefficient (Wildman–Crippen LogP) is 3.44. The highest BCUT2D eigenvalue weighted by Crippen LogP contribution is 2.29. The maximum absolute atomic E-state index is 12.7. The number of hydrogen-bond acceptors (Lipinski definition) is 5. The Labute approximate surface area is 168 Å². The monoisotopic (exact) mass is 397 g/mol. The smallest absolute Gasteiger partial charge is 0.231 e. The van der Waals surface area contributed by atoms with Gasteiger partial charge in [-0.3, -0.25) is 4.79 Å². The summed E-state index contributed by atoms with van der Waals surface area (Å²) in [5, 5.41) is 3.10. The summed E-state index contributed by atoms with van der Waals surface area (Å²) in [6.45, 7) is 0. The van der Waals surface area contributed by atoms with Crippen LogP contribution in [0.3, 0.4) is 0 Å². The summed E-state index contributed by atoms with van der Waals surface area (Å²) in [6, 6.07) is 14.9. The molecule has 1 unspecified atom stereocenters. The third kappa shape index (κ3) is 4.67. The number of rotatable bonds is 8. The molecule has 0 aliphatic rings. The molecule has 0 saturated carbocycles. The number of nitrogens with one attached hydrogen (secondary N) is 1. The van der Waals surface area contributed by atoms with E-state index < -0.39 is 6.04 Å². The number of aryl methyl sites for hydroxylation is 1. The Kier molecular flexibility index (Phi) is 6.60. The van der Waals surface area contributed by atoms with Gasteiger partial charge in [-0.25, -0.2) is 4.98 Å². The molecule has 3 rings (SSSR count). The summed E-state index contributed by atoms with van der Waals surface area (Å²) in [6.07, 6.45) is 3.57. The normalized spacial score (nSPS) is 11.7. The van der Waals surface area contributed by atoms with Crippen molar-refractivity contribution in [3.8, 4) is 11.5 Å². The Balaban J connectivity index is 1.78. The van der Waals surface area contributed by atoms with Crippen LogP contribution in [0.25, 0.3) is 0 Å². The quantitative estimate of drug-likeness (QED) is 0.590. The molecule has 1 heterocycles. The number of thioether (sulfide) groups is 1. The largest absolute Gasteiger partial charge is 0.497 e. The van der Waals surface area contributed by atoms with Crippen molar-refractivity contribution in [2.75, 3.05) is 20.0 Å². The van der Waals surface area contributed by atoms with Gasteiger partial charge in [0.1, 0.15) is 23.4 Å². The molecule has 0 radical (unpaired) electrons. The van der Waals surface area contributed by atoms with Gasteiger partial charge >= 0.3 is 0 Å². The lowest BCUT2D eigenvalue weighted by Gasteiger charge is -2.21. The van der Waals surface area contributed by atoms with Crippen molar-refractivity contribution in [3.63, 3.8) is 0 Å². The molecule has 2 aromatic carbocycles. The van der Waals surface area contributed by atoms with E-state index in [4.69, 9.17) is 9.47 Å². The molecular weight excluding hydrogens is 374 g/mol. The third-order valence-corrected chi connectivity index (χ3v) is 5.28. The highest BCUT2D eigenvalue weighted by atomic mass is 32.2. The molecule has 0 fully saturated rings. The average molecular weight is 398 g/mol. The van der Waals surface area contributed by atoms with Crippen molar-refractivity contribution in [2.24, 2.45) is 7.05 Å². The van der Waals surface area contributed by atoms with Crippen LogP contribution in [0.2, 0.25) is 0 Å². The van der Waals surface area contributed by atoms with Gasteiger partial charge in [-0.2, -0.15) is 0 Å². The number of methoxy groups -OCH3 is 2. The predicted molar refractivity (Wildman–Crippen MR) is 110 cm³/mol. The first-order chi connectivity index (χ1) is 13.6. The topological polar surface area (TPSA) is 65.4 Å². The van der Waals surface area contributed by atoms with Gasteiger partial charge in [-0.05, 0) is 24.3 Å². The highest BCUT2D eigenvalue weighted by Gasteiger charge is 2.23. The van der Waals surface area contributed by atoms with E-state index in [9.17, 15) is 4.79 Å². The number of carbonyl (C=O) groups is 1. The van der Waals surface area contributed by atoms with Crippen molar-refractivity contribution in [1.29, 1.82) is 0 Å². The highest BCUT2D eigenvalue weighted by molar-refractivity contribution is 8.00. The molecule has 146 valence electrons. The average Bonchev–Trinajstić information content (AvgIpc) is 3.16. The maximum Gasteiger partial charge on any atom is 0.231 e. The molecule has 0 spiro atoms.